The molecule has 2 saturated heterocycles. The van der Waals surface area contributed by atoms with E-state index in [1.165, 1.54) is 19.5 Å². The Morgan fingerprint density at radius 1 is 1.22 bits per heavy atom. The summed E-state index contributed by atoms with van der Waals surface area (Å²) >= 11 is 0.440. The normalized spacial score (nSPS) is 17.9. The molecule has 6 rings (SSSR count). The first-order valence-electron chi connectivity index (χ1n) is 11.8. The number of hydrogen-bond acceptors (Lipinski definition) is 7. The van der Waals surface area contributed by atoms with E-state index >= 15 is 0 Å². The van der Waals surface area contributed by atoms with Crippen molar-refractivity contribution in [3.05, 3.63) is 52.8 Å². The van der Waals surface area contributed by atoms with Crippen LogP contribution >= 0.6 is 11.3 Å². The number of ether oxygens (including phenoxy) is 1. The smallest absolute Gasteiger partial charge is 0.425 e. The summed E-state index contributed by atoms with van der Waals surface area (Å²) in [6, 6.07) is 4.32. The average molecular weight is 531 g/mol. The molecule has 0 spiro atoms. The van der Waals surface area contributed by atoms with Crippen LogP contribution in [0.2, 0.25) is 0 Å². The van der Waals surface area contributed by atoms with E-state index in [1.54, 1.807) is 11.1 Å². The number of aromatic nitrogens is 5. The van der Waals surface area contributed by atoms with E-state index in [4.69, 9.17) is 4.74 Å². The van der Waals surface area contributed by atoms with Crippen molar-refractivity contribution in [1.82, 2.24) is 34.5 Å². The zero-order valence-corrected chi connectivity index (χ0v) is 20.6. The fourth-order valence-electron chi connectivity index (χ4n) is 4.94. The van der Waals surface area contributed by atoms with Gasteiger partial charge < -0.3 is 14.6 Å². The first-order chi connectivity index (χ1) is 17.8. The molecule has 1 radical (unpaired) electrons. The maximum atomic E-state index is 13.1. The van der Waals surface area contributed by atoms with Gasteiger partial charge >= 0.3 is 6.18 Å². The minimum Gasteiger partial charge on any atom is -0.495 e. The van der Waals surface area contributed by atoms with Crippen LogP contribution < -0.4 is 4.74 Å². The molecular weight excluding hydrogens is 507 g/mol. The van der Waals surface area contributed by atoms with Crippen molar-refractivity contribution in [2.24, 2.45) is 0 Å². The van der Waals surface area contributed by atoms with Crippen molar-refractivity contribution in [3.63, 3.8) is 0 Å². The lowest BCUT2D eigenvalue weighted by Crippen LogP contribution is -2.56. The van der Waals surface area contributed by atoms with Gasteiger partial charge in [-0.15, -0.1) is 11.3 Å². The van der Waals surface area contributed by atoms with E-state index < -0.39 is 17.0 Å². The van der Waals surface area contributed by atoms with Crippen LogP contribution in [0.1, 0.15) is 27.4 Å². The number of carbonyl (C=O) groups is 1. The molecule has 6 heterocycles. The molecule has 1 amide bonds. The Kier molecular flexibility index (Phi) is 5.91. The summed E-state index contributed by atoms with van der Waals surface area (Å²) in [6.45, 7) is 2.53. The second-order valence-corrected chi connectivity index (χ2v) is 10.2. The van der Waals surface area contributed by atoms with Crippen molar-refractivity contribution in [2.75, 3.05) is 33.3 Å². The van der Waals surface area contributed by atoms with Crippen molar-refractivity contribution in [3.8, 4) is 17.0 Å². The number of rotatable bonds is 5. The van der Waals surface area contributed by atoms with Gasteiger partial charge in [0.25, 0.3) is 5.91 Å². The fourth-order valence-corrected chi connectivity index (χ4v) is 5.90. The minimum atomic E-state index is -4.51. The van der Waals surface area contributed by atoms with Crippen LogP contribution in [0.15, 0.2) is 37.1 Å². The van der Waals surface area contributed by atoms with Gasteiger partial charge in [-0.05, 0) is 18.9 Å². The number of nitrogens with zero attached hydrogens (tertiary/aromatic N) is 6. The van der Waals surface area contributed by atoms with E-state index in [9.17, 15) is 18.0 Å². The average Bonchev–Trinajstić information content (AvgIpc) is 3.62. The molecule has 4 aromatic rings. The Morgan fingerprint density at radius 2 is 2.00 bits per heavy atom. The van der Waals surface area contributed by atoms with Gasteiger partial charge in [0.05, 0.1) is 19.0 Å². The largest absolute Gasteiger partial charge is 0.495 e. The molecule has 37 heavy (non-hydrogen) atoms. The van der Waals surface area contributed by atoms with Crippen molar-refractivity contribution in [1.29, 1.82) is 0 Å². The zero-order chi connectivity index (χ0) is 25.7. The third kappa shape index (κ3) is 4.35. The van der Waals surface area contributed by atoms with E-state index in [2.05, 4.69) is 25.0 Å². The molecule has 2 aliphatic rings. The number of nitrogens with one attached hydrogen (secondary N) is 1. The highest BCUT2D eigenvalue weighted by Gasteiger charge is 2.39. The number of alkyl halides is 3. The number of halogens is 3. The van der Waals surface area contributed by atoms with E-state index in [0.717, 1.165) is 54.3 Å². The summed E-state index contributed by atoms with van der Waals surface area (Å²) < 4.78 is 46.3. The molecule has 2 aliphatic heterocycles. The summed E-state index contributed by atoms with van der Waals surface area (Å²) in [6.07, 6.45) is 4.16. The first kappa shape index (κ1) is 23.9. The van der Waals surface area contributed by atoms with Gasteiger partial charge in [0, 0.05) is 61.6 Å². The van der Waals surface area contributed by atoms with Gasteiger partial charge in [0.2, 0.25) is 0 Å². The molecule has 2 fully saturated rings. The van der Waals surface area contributed by atoms with Gasteiger partial charge in [-0.2, -0.15) is 18.3 Å². The standard InChI is InChI=1S/C24H23F3N7O2S/c1-36-18-8-19(24(25,26)27)37-21(18)23(35)32-6-3-15(4-7-32)33-11-16(12-33)34-10-14(9-31-34)20-17-2-5-28-22(17)30-13-29-20/h2,5,8-10,13,15H,3-4,6-7,11-12H2,1H3,(H,28,29,30). The number of thiophene rings is 1. The lowest BCUT2D eigenvalue weighted by molar-refractivity contribution is -0.134. The molecule has 1 N–H and O–H groups in total. The number of fused-ring (bicyclic) bond motifs is 1. The van der Waals surface area contributed by atoms with Gasteiger partial charge in [-0.1, -0.05) is 0 Å². The Balaban J connectivity index is 1.05. The van der Waals surface area contributed by atoms with Crippen molar-refractivity contribution >= 4 is 28.3 Å². The van der Waals surface area contributed by atoms with E-state index in [-0.39, 0.29) is 10.6 Å². The summed E-state index contributed by atoms with van der Waals surface area (Å²) in [5.41, 5.74) is 2.53. The number of likely N-dealkylation sites (tertiary alicyclic amines) is 2. The Labute approximate surface area is 213 Å². The molecule has 193 valence electrons. The topological polar surface area (TPSA) is 92.2 Å². The number of methoxy groups -OCH3 is 1. The SMILES string of the molecule is COc1cc(C(F)(F)F)sc1C(=O)N1CCC(N2C[C](n3cc(-c4ncnc5[nH]ccc45)cn3)C2)CC1. The van der Waals surface area contributed by atoms with Crippen LogP contribution in [0.5, 0.6) is 5.75 Å². The molecule has 0 saturated carbocycles. The molecule has 13 heteroatoms. The Bertz CT molecular complexity index is 1430. The number of amides is 1. The lowest BCUT2D eigenvalue weighted by Gasteiger charge is -2.46. The Morgan fingerprint density at radius 3 is 2.73 bits per heavy atom. The molecule has 4 aromatic heterocycles. The van der Waals surface area contributed by atoms with E-state index in [0.29, 0.717) is 30.5 Å². The van der Waals surface area contributed by atoms with Crippen LogP contribution in [0.3, 0.4) is 0 Å². The highest BCUT2D eigenvalue weighted by Crippen LogP contribution is 2.41. The minimum absolute atomic E-state index is 0.00272. The fraction of sp³-hybridized carbons (Fsp3) is 0.375. The van der Waals surface area contributed by atoms with Crippen molar-refractivity contribution in [2.45, 2.75) is 25.1 Å². The van der Waals surface area contributed by atoms with Gasteiger partial charge in [0.15, 0.2) is 0 Å². The molecule has 0 unspecified atom stereocenters. The van der Waals surface area contributed by atoms with Gasteiger partial charge in [0.1, 0.15) is 33.5 Å². The molecule has 0 bridgehead atoms. The number of carbonyl (C=O) groups excluding carboxylic acids is 1. The molecule has 0 atom stereocenters. The summed E-state index contributed by atoms with van der Waals surface area (Å²) in [4.78, 5) is 27.8. The predicted molar refractivity (Wildman–Crippen MR) is 130 cm³/mol. The number of H-pyrrole nitrogens is 1. The summed E-state index contributed by atoms with van der Waals surface area (Å²) in [5, 5.41) is 5.47. The molecule has 9 nitrogen and oxygen atoms in total. The maximum absolute atomic E-state index is 13.1. The van der Waals surface area contributed by atoms with Crippen LogP contribution in [0.4, 0.5) is 13.2 Å². The summed E-state index contributed by atoms with van der Waals surface area (Å²) in [7, 11) is 1.28. The number of aromatic amines is 1. The summed E-state index contributed by atoms with van der Waals surface area (Å²) in [5.74, 6) is -0.429. The van der Waals surface area contributed by atoms with Crippen LogP contribution in [-0.2, 0) is 6.18 Å². The monoisotopic (exact) mass is 530 g/mol. The number of piperidine rings is 1. The molecular formula is C24H23F3N7O2S. The van der Waals surface area contributed by atoms with Gasteiger partial charge in [-0.3, -0.25) is 14.4 Å². The van der Waals surface area contributed by atoms with Crippen LogP contribution in [-0.4, -0.2) is 79.8 Å². The molecule has 0 aromatic carbocycles. The second-order valence-electron chi connectivity index (χ2n) is 9.14. The second kappa shape index (κ2) is 9.14. The highest BCUT2D eigenvalue weighted by molar-refractivity contribution is 7.14. The van der Waals surface area contributed by atoms with Crippen molar-refractivity contribution < 1.29 is 22.7 Å². The third-order valence-electron chi connectivity index (χ3n) is 6.96. The van der Waals surface area contributed by atoms with Crippen LogP contribution in [0.25, 0.3) is 22.3 Å². The zero-order valence-electron chi connectivity index (χ0n) is 19.8. The van der Waals surface area contributed by atoms with Crippen LogP contribution in [0, 0.1) is 6.04 Å². The first-order valence-corrected chi connectivity index (χ1v) is 12.6. The number of hydrogen-bond donors (Lipinski definition) is 1. The quantitative estimate of drug-likeness (QED) is 0.421. The Hall–Kier alpha value is -3.45. The van der Waals surface area contributed by atoms with Gasteiger partial charge in [-0.25, -0.2) is 9.97 Å². The predicted octanol–water partition coefficient (Wildman–Crippen LogP) is 3.91. The maximum Gasteiger partial charge on any atom is 0.425 e. The highest BCUT2D eigenvalue weighted by atomic mass is 32.1. The molecule has 0 aliphatic carbocycles. The third-order valence-corrected chi connectivity index (χ3v) is 8.11. The van der Waals surface area contributed by atoms with E-state index in [1.807, 2.05) is 23.1 Å². The lowest BCUT2D eigenvalue weighted by atomic mass is 9.97.